The van der Waals surface area contributed by atoms with Gasteiger partial charge in [-0.3, -0.25) is 25.1 Å². The fraction of sp³-hybridized carbons (Fsp3) is 0.583. The van der Waals surface area contributed by atoms with Crippen LogP contribution in [0.5, 0.6) is 0 Å². The Morgan fingerprint density at radius 1 is 1.44 bits per heavy atom. The first-order valence-corrected chi connectivity index (χ1v) is 6.07. The maximum atomic E-state index is 11.6. The van der Waals surface area contributed by atoms with Gasteiger partial charge >= 0.3 is 0 Å². The highest BCUT2D eigenvalue weighted by Gasteiger charge is 2.39. The highest BCUT2D eigenvalue weighted by atomic mass is 16.2. The monoisotopic (exact) mass is 250 g/mol. The molecule has 0 saturated heterocycles. The van der Waals surface area contributed by atoms with Crippen LogP contribution in [-0.2, 0) is 16.1 Å². The van der Waals surface area contributed by atoms with Gasteiger partial charge in [-0.25, -0.2) is 0 Å². The number of nitrogens with one attached hydrogen (secondary N) is 2. The van der Waals surface area contributed by atoms with Gasteiger partial charge in [0, 0.05) is 11.6 Å². The van der Waals surface area contributed by atoms with Crippen LogP contribution in [-0.4, -0.2) is 21.6 Å². The van der Waals surface area contributed by atoms with Crippen molar-refractivity contribution in [1.82, 2.24) is 20.6 Å². The first-order valence-electron chi connectivity index (χ1n) is 6.07. The highest BCUT2D eigenvalue weighted by molar-refractivity contribution is 5.84. The zero-order chi connectivity index (χ0) is 13.3. The first kappa shape index (κ1) is 12.6. The summed E-state index contributed by atoms with van der Waals surface area (Å²) >= 11 is 0. The number of amides is 2. The number of hydrogen-bond donors (Lipinski definition) is 2. The number of aromatic nitrogens is 2. The van der Waals surface area contributed by atoms with Gasteiger partial charge in [-0.15, -0.1) is 0 Å². The second kappa shape index (κ2) is 4.80. The summed E-state index contributed by atoms with van der Waals surface area (Å²) in [5.74, 6) is 0.101. The van der Waals surface area contributed by atoms with Gasteiger partial charge in [-0.1, -0.05) is 6.92 Å². The van der Waals surface area contributed by atoms with Gasteiger partial charge in [-0.05, 0) is 32.3 Å². The molecule has 6 nitrogen and oxygen atoms in total. The molecule has 0 spiro atoms. The molecule has 2 amide bonds. The van der Waals surface area contributed by atoms with Crippen LogP contribution in [0, 0.1) is 25.7 Å². The van der Waals surface area contributed by atoms with Gasteiger partial charge in [0.05, 0.1) is 5.69 Å². The van der Waals surface area contributed by atoms with Gasteiger partial charge in [0.2, 0.25) is 5.91 Å². The van der Waals surface area contributed by atoms with Crippen LogP contribution in [0.1, 0.15) is 24.7 Å². The van der Waals surface area contributed by atoms with E-state index < -0.39 is 0 Å². The smallest absolute Gasteiger partial charge is 0.260 e. The van der Waals surface area contributed by atoms with Gasteiger partial charge in [0.1, 0.15) is 6.54 Å². The van der Waals surface area contributed by atoms with Crippen LogP contribution < -0.4 is 10.9 Å². The lowest BCUT2D eigenvalue weighted by molar-refractivity contribution is -0.130. The third kappa shape index (κ3) is 2.88. The lowest BCUT2D eigenvalue weighted by Gasteiger charge is -2.08. The number of carbonyl (C=O) groups excluding carboxylic acids is 2. The Bertz CT molecular complexity index is 480. The topological polar surface area (TPSA) is 76.0 Å². The quantitative estimate of drug-likeness (QED) is 0.758. The number of nitrogens with zero attached hydrogens (tertiary/aromatic N) is 2. The zero-order valence-corrected chi connectivity index (χ0v) is 10.9. The lowest BCUT2D eigenvalue weighted by Crippen LogP contribution is -2.44. The standard InChI is InChI=1S/C12H18N4O2/c1-7-4-10(7)12(18)14-13-11(17)6-16-9(3)5-8(2)15-16/h5,7,10H,4,6H2,1-3H3,(H,13,17)(H,14,18). The molecular weight excluding hydrogens is 232 g/mol. The van der Waals surface area contributed by atoms with Crippen molar-refractivity contribution in [1.29, 1.82) is 0 Å². The molecule has 2 N–H and O–H groups in total. The van der Waals surface area contributed by atoms with Crippen molar-refractivity contribution >= 4 is 11.8 Å². The van der Waals surface area contributed by atoms with Crippen molar-refractivity contribution in [2.75, 3.05) is 0 Å². The SMILES string of the molecule is Cc1cc(C)n(CC(=O)NNC(=O)C2CC2C)n1. The zero-order valence-electron chi connectivity index (χ0n) is 10.9. The van der Waals surface area contributed by atoms with Crippen LogP contribution in [0.3, 0.4) is 0 Å². The maximum absolute atomic E-state index is 11.6. The third-order valence-electron chi connectivity index (χ3n) is 3.17. The van der Waals surface area contributed by atoms with Crippen molar-refractivity contribution in [3.8, 4) is 0 Å². The van der Waals surface area contributed by atoms with Gasteiger partial charge in [0.15, 0.2) is 0 Å². The van der Waals surface area contributed by atoms with E-state index in [0.29, 0.717) is 5.92 Å². The lowest BCUT2D eigenvalue weighted by atomic mass is 10.3. The molecule has 0 bridgehead atoms. The number of rotatable bonds is 3. The molecule has 0 radical (unpaired) electrons. The second-order valence-electron chi connectivity index (χ2n) is 4.94. The summed E-state index contributed by atoms with van der Waals surface area (Å²) in [6.45, 7) is 5.89. The average Bonchev–Trinajstić information content (AvgIpc) is 2.94. The number of hydrogen-bond acceptors (Lipinski definition) is 3. The predicted molar refractivity (Wildman–Crippen MR) is 65.3 cm³/mol. The fourth-order valence-corrected chi connectivity index (χ4v) is 1.92. The molecule has 0 aromatic carbocycles. The van der Waals surface area contributed by atoms with Crippen molar-refractivity contribution in [3.63, 3.8) is 0 Å². The summed E-state index contributed by atoms with van der Waals surface area (Å²) in [6, 6.07) is 1.90. The summed E-state index contributed by atoms with van der Waals surface area (Å²) in [6.07, 6.45) is 0.902. The summed E-state index contributed by atoms with van der Waals surface area (Å²) in [7, 11) is 0. The highest BCUT2D eigenvalue weighted by Crippen LogP contribution is 2.37. The Kier molecular flexibility index (Phi) is 3.36. The Balaban J connectivity index is 1.78. The minimum Gasteiger partial charge on any atom is -0.273 e. The van der Waals surface area contributed by atoms with E-state index in [1.165, 1.54) is 0 Å². The molecule has 0 aliphatic heterocycles. The molecule has 1 aliphatic rings. The summed E-state index contributed by atoms with van der Waals surface area (Å²) in [5.41, 5.74) is 6.64. The third-order valence-corrected chi connectivity index (χ3v) is 3.17. The van der Waals surface area contributed by atoms with Crippen molar-refractivity contribution in [3.05, 3.63) is 17.5 Å². The van der Waals surface area contributed by atoms with Crippen molar-refractivity contribution in [2.45, 2.75) is 33.7 Å². The van der Waals surface area contributed by atoms with Gasteiger partial charge in [-0.2, -0.15) is 5.10 Å². The number of carbonyl (C=O) groups is 2. The second-order valence-corrected chi connectivity index (χ2v) is 4.94. The predicted octanol–water partition coefficient (Wildman–Crippen LogP) is 0.303. The Labute approximate surface area is 106 Å². The van der Waals surface area contributed by atoms with E-state index in [2.05, 4.69) is 16.0 Å². The molecular formula is C12H18N4O2. The Morgan fingerprint density at radius 2 is 2.11 bits per heavy atom. The normalized spacial score (nSPS) is 21.5. The van der Waals surface area contributed by atoms with Crippen LogP contribution in [0.15, 0.2) is 6.07 Å². The molecule has 2 unspecified atom stereocenters. The molecule has 1 aromatic rings. The molecule has 18 heavy (non-hydrogen) atoms. The Hall–Kier alpha value is -1.85. The van der Waals surface area contributed by atoms with Crippen molar-refractivity contribution in [2.24, 2.45) is 11.8 Å². The molecule has 1 saturated carbocycles. The largest absolute Gasteiger partial charge is 0.273 e. The van der Waals surface area contributed by atoms with Crippen LogP contribution >= 0.6 is 0 Å². The molecule has 2 atom stereocenters. The maximum Gasteiger partial charge on any atom is 0.260 e. The number of aryl methyl sites for hydroxylation is 2. The molecule has 2 rings (SSSR count). The van der Waals surface area contributed by atoms with Crippen LogP contribution in [0.2, 0.25) is 0 Å². The molecule has 6 heteroatoms. The molecule has 1 aliphatic carbocycles. The van der Waals surface area contributed by atoms with Crippen LogP contribution in [0.4, 0.5) is 0 Å². The average molecular weight is 250 g/mol. The van der Waals surface area contributed by atoms with E-state index in [9.17, 15) is 9.59 Å². The molecule has 1 fully saturated rings. The minimum absolute atomic E-state index is 0.0546. The molecule has 98 valence electrons. The fourth-order valence-electron chi connectivity index (χ4n) is 1.92. The number of hydrazine groups is 1. The van der Waals surface area contributed by atoms with Crippen LogP contribution in [0.25, 0.3) is 0 Å². The Morgan fingerprint density at radius 3 is 2.61 bits per heavy atom. The van der Waals surface area contributed by atoms with Gasteiger partial charge in [0.25, 0.3) is 5.91 Å². The van der Waals surface area contributed by atoms with Crippen molar-refractivity contribution < 1.29 is 9.59 Å². The van der Waals surface area contributed by atoms with E-state index in [0.717, 1.165) is 17.8 Å². The first-order chi connectivity index (χ1) is 8.47. The summed E-state index contributed by atoms with van der Waals surface area (Å²) in [4.78, 5) is 23.1. The van der Waals surface area contributed by atoms with E-state index in [4.69, 9.17) is 0 Å². The van der Waals surface area contributed by atoms with E-state index in [-0.39, 0.29) is 24.3 Å². The summed E-state index contributed by atoms with van der Waals surface area (Å²) < 4.78 is 1.61. The van der Waals surface area contributed by atoms with E-state index in [1.54, 1.807) is 4.68 Å². The minimum atomic E-state index is -0.275. The van der Waals surface area contributed by atoms with E-state index >= 15 is 0 Å². The molecule has 1 aromatic heterocycles. The summed E-state index contributed by atoms with van der Waals surface area (Å²) in [5, 5.41) is 4.18. The van der Waals surface area contributed by atoms with Gasteiger partial charge < -0.3 is 0 Å². The molecule has 1 heterocycles. The van der Waals surface area contributed by atoms with E-state index in [1.807, 2.05) is 26.8 Å².